The molecular formula is C41H57Br4NO16. The second kappa shape index (κ2) is 20.4. The number of amides is 2. The molecule has 0 aromatic rings. The molecule has 2 amide bonds. The summed E-state index contributed by atoms with van der Waals surface area (Å²) in [5.41, 5.74) is -5.39. The van der Waals surface area contributed by atoms with Crippen LogP contribution in [0, 0.1) is 28.1 Å². The average molecular weight is 1140 g/mol. The first-order valence-electron chi connectivity index (χ1n) is 19.7. The van der Waals surface area contributed by atoms with E-state index in [4.69, 9.17) is 37.9 Å². The van der Waals surface area contributed by atoms with Gasteiger partial charge in [-0.2, -0.15) is 0 Å². The van der Waals surface area contributed by atoms with Crippen LogP contribution in [-0.2, 0) is 76.3 Å². The van der Waals surface area contributed by atoms with Crippen molar-refractivity contribution < 1.29 is 76.3 Å². The van der Waals surface area contributed by atoms with Gasteiger partial charge in [-0.3, -0.25) is 43.3 Å². The van der Waals surface area contributed by atoms with Crippen molar-refractivity contribution in [2.75, 3.05) is 59.4 Å². The molecule has 0 N–H and O–H groups in total. The lowest BCUT2D eigenvalue weighted by Crippen LogP contribution is -2.47. The Morgan fingerprint density at radius 2 is 0.806 bits per heavy atom. The normalized spacial score (nSPS) is 22.0. The van der Waals surface area contributed by atoms with Gasteiger partial charge in [0.25, 0.3) is 0 Å². The quantitative estimate of drug-likeness (QED) is 0.0437. The highest BCUT2D eigenvalue weighted by Gasteiger charge is 2.60. The second-order valence-electron chi connectivity index (χ2n) is 18.7. The van der Waals surface area contributed by atoms with E-state index in [0.29, 0.717) is 0 Å². The first kappa shape index (κ1) is 53.9. The molecule has 62 heavy (non-hydrogen) atoms. The third-order valence-corrected chi connectivity index (χ3v) is 11.2. The smallest absolute Gasteiger partial charge is 0.322 e. The average Bonchev–Trinajstić information content (AvgIpc) is 3.84. The van der Waals surface area contributed by atoms with Gasteiger partial charge < -0.3 is 37.9 Å². The zero-order chi connectivity index (χ0) is 47.4. The SMILES string of the molecule is CC(C)(Br)COCC(C)(COC(=O)C(C)(C)Br)C(=O)OCC(C)(COC(=O)C(C)(COC(=O)C(C)(C)Br)COC(=O)C(C)(C)Br)C(=O)OCCN1C(=O)[C@@H]2C3C=CC(O3)[C@@H]2C1=O. The Balaban J connectivity index is 1.88. The van der Waals surface area contributed by atoms with E-state index in [-0.39, 0.29) is 19.8 Å². The Morgan fingerprint density at radius 1 is 0.500 bits per heavy atom. The summed E-state index contributed by atoms with van der Waals surface area (Å²) in [5.74, 6) is -7.48. The Labute approximate surface area is 395 Å². The van der Waals surface area contributed by atoms with E-state index in [2.05, 4.69) is 63.7 Å². The number of carbonyl (C=O) groups is 8. The van der Waals surface area contributed by atoms with Gasteiger partial charge in [-0.05, 0) is 76.2 Å². The van der Waals surface area contributed by atoms with Gasteiger partial charge in [0, 0.05) is 4.32 Å². The molecule has 3 aliphatic rings. The van der Waals surface area contributed by atoms with Crippen LogP contribution in [0.25, 0.3) is 0 Å². The Morgan fingerprint density at radius 3 is 1.13 bits per heavy atom. The van der Waals surface area contributed by atoms with E-state index in [0.717, 1.165) is 4.90 Å². The molecule has 0 aromatic heterocycles. The minimum atomic E-state index is -1.96. The topological polar surface area (TPSA) is 214 Å². The van der Waals surface area contributed by atoms with Crippen molar-refractivity contribution >= 4 is 111 Å². The van der Waals surface area contributed by atoms with Crippen molar-refractivity contribution in [3.05, 3.63) is 12.2 Å². The monoisotopic (exact) mass is 1140 g/mol. The number of likely N-dealkylation sites (tertiary alicyclic amines) is 1. The minimum absolute atomic E-state index is 0.145. The van der Waals surface area contributed by atoms with Gasteiger partial charge in [0.15, 0.2) is 0 Å². The Hall–Kier alpha value is -2.46. The largest absolute Gasteiger partial charge is 0.464 e. The maximum Gasteiger partial charge on any atom is 0.322 e. The molecule has 0 radical (unpaired) electrons. The lowest BCUT2D eigenvalue weighted by molar-refractivity contribution is -0.182. The van der Waals surface area contributed by atoms with Crippen LogP contribution in [0.3, 0.4) is 0 Å². The molecule has 21 heteroatoms. The second-order valence-corrected chi connectivity index (χ2v) is 26.8. The molecule has 2 fully saturated rings. The zero-order valence-electron chi connectivity index (χ0n) is 36.8. The molecule has 3 rings (SSSR count). The van der Waals surface area contributed by atoms with Crippen LogP contribution in [-0.4, -0.2) is 141 Å². The number of imide groups is 1. The number of hydrogen-bond donors (Lipinski definition) is 0. The number of rotatable bonds is 23. The summed E-state index contributed by atoms with van der Waals surface area (Å²) in [6.45, 7) is 12.9. The molecule has 2 bridgehead atoms. The molecule has 6 atom stereocenters. The third kappa shape index (κ3) is 14.0. The fourth-order valence-corrected chi connectivity index (χ4v) is 6.48. The van der Waals surface area contributed by atoms with Crippen LogP contribution in [0.2, 0.25) is 0 Å². The Bertz CT molecular complexity index is 1720. The first-order chi connectivity index (χ1) is 28.1. The summed E-state index contributed by atoms with van der Waals surface area (Å²) in [6.07, 6.45) is 2.44. The van der Waals surface area contributed by atoms with Crippen LogP contribution in [0.1, 0.15) is 76.2 Å². The number of ether oxygens (including phenoxy) is 8. The van der Waals surface area contributed by atoms with Crippen LogP contribution >= 0.6 is 63.7 Å². The highest BCUT2D eigenvalue weighted by molar-refractivity contribution is 9.10. The molecule has 2 saturated heterocycles. The van der Waals surface area contributed by atoms with Gasteiger partial charge in [0.2, 0.25) is 11.8 Å². The predicted molar refractivity (Wildman–Crippen MR) is 234 cm³/mol. The van der Waals surface area contributed by atoms with Crippen molar-refractivity contribution in [3.8, 4) is 0 Å². The molecule has 3 heterocycles. The number of carbonyl (C=O) groups excluding carboxylic acids is 8. The highest BCUT2D eigenvalue weighted by Crippen LogP contribution is 2.45. The number of hydrogen-bond acceptors (Lipinski definition) is 16. The standard InChI is InChI=1S/C41H57Br4NO16/c1-35(2,42)16-55-17-39(9,18-57-29(49)36(3,4)43)33(53)60-21-40(10,32(52)56-15-14-46-27(47)25-23-12-13-24(62-23)26(25)28(46)48)22-61-34(54)41(11,19-58-30(50)37(5,6)44)20-59-31(51)38(7,8)45/h12-13,23-26H,14-22H2,1-11H3/t23?,24?,25-,26+,39?,40?. The van der Waals surface area contributed by atoms with Crippen LogP contribution in [0.4, 0.5) is 0 Å². The van der Waals surface area contributed by atoms with E-state index in [9.17, 15) is 38.4 Å². The zero-order valence-corrected chi connectivity index (χ0v) is 43.2. The first-order valence-corrected chi connectivity index (χ1v) is 22.9. The molecule has 0 aliphatic carbocycles. The molecule has 17 nitrogen and oxygen atoms in total. The summed E-state index contributed by atoms with van der Waals surface area (Å²) in [5, 5.41) is 0. The van der Waals surface area contributed by atoms with Gasteiger partial charge in [-0.1, -0.05) is 75.9 Å². The van der Waals surface area contributed by atoms with Crippen molar-refractivity contribution in [2.45, 2.75) is 106 Å². The lowest BCUT2D eigenvalue weighted by Gasteiger charge is -2.33. The van der Waals surface area contributed by atoms with Gasteiger partial charge in [0.05, 0.1) is 43.8 Å². The molecule has 0 aromatic carbocycles. The van der Waals surface area contributed by atoms with E-state index in [1.54, 1.807) is 26.0 Å². The van der Waals surface area contributed by atoms with Crippen molar-refractivity contribution in [3.63, 3.8) is 0 Å². The number of fused-ring (bicyclic) bond motifs is 5. The maximum atomic E-state index is 14.0. The molecular weight excluding hydrogens is 1080 g/mol. The van der Waals surface area contributed by atoms with E-state index >= 15 is 0 Å². The fourth-order valence-electron chi connectivity index (χ4n) is 5.97. The third-order valence-electron chi connectivity index (χ3n) is 9.96. The summed E-state index contributed by atoms with van der Waals surface area (Å²) >= 11 is 13.1. The van der Waals surface area contributed by atoms with E-state index in [1.807, 2.05) is 13.8 Å². The fraction of sp³-hybridized carbons (Fsp3) is 0.756. The van der Waals surface area contributed by atoms with E-state index in [1.165, 1.54) is 48.5 Å². The van der Waals surface area contributed by atoms with Gasteiger partial charge in [0.1, 0.15) is 68.9 Å². The van der Waals surface area contributed by atoms with Crippen LogP contribution in [0.5, 0.6) is 0 Å². The van der Waals surface area contributed by atoms with Gasteiger partial charge >= 0.3 is 35.8 Å². The molecule has 350 valence electrons. The summed E-state index contributed by atoms with van der Waals surface area (Å²) in [4.78, 5) is 107. The van der Waals surface area contributed by atoms with Crippen LogP contribution < -0.4 is 0 Å². The molecule has 0 saturated carbocycles. The van der Waals surface area contributed by atoms with Crippen LogP contribution in [0.15, 0.2) is 12.2 Å². The van der Waals surface area contributed by atoms with Crippen molar-refractivity contribution in [1.29, 1.82) is 0 Å². The summed E-state index contributed by atoms with van der Waals surface area (Å²) in [7, 11) is 0. The minimum Gasteiger partial charge on any atom is -0.464 e. The van der Waals surface area contributed by atoms with Gasteiger partial charge in [-0.25, -0.2) is 0 Å². The summed E-state index contributed by atoms with van der Waals surface area (Å²) < 4.78 is 40.9. The predicted octanol–water partition coefficient (Wildman–Crippen LogP) is 4.91. The lowest BCUT2D eigenvalue weighted by atomic mass is 9.85. The number of halogens is 4. The highest BCUT2D eigenvalue weighted by atomic mass is 79.9. The molecule has 4 unspecified atom stereocenters. The van der Waals surface area contributed by atoms with Crippen molar-refractivity contribution in [1.82, 2.24) is 4.90 Å². The maximum absolute atomic E-state index is 14.0. The van der Waals surface area contributed by atoms with E-state index < -0.39 is 145 Å². The van der Waals surface area contributed by atoms with Gasteiger partial charge in [-0.15, -0.1) is 0 Å². The van der Waals surface area contributed by atoms with Crippen molar-refractivity contribution in [2.24, 2.45) is 28.1 Å². The summed E-state index contributed by atoms with van der Waals surface area (Å²) in [6, 6.07) is 0. The molecule has 0 spiro atoms. The number of esters is 6. The molecule has 3 aliphatic heterocycles. The number of nitrogens with zero attached hydrogens (tertiary/aromatic N) is 1. The Kier molecular flexibility index (Phi) is 17.7. The number of alkyl halides is 4.